The van der Waals surface area contributed by atoms with Gasteiger partial charge >= 0.3 is 0 Å². The Labute approximate surface area is 157 Å². The molecule has 0 atom stereocenters. The fraction of sp³-hybridized carbons (Fsp3) is 0.235. The molecule has 0 aliphatic carbocycles. The zero-order valence-corrected chi connectivity index (χ0v) is 15.9. The van der Waals surface area contributed by atoms with Crippen LogP contribution in [-0.4, -0.2) is 27.5 Å². The molecule has 7 nitrogen and oxygen atoms in total. The molecule has 0 aliphatic heterocycles. The maximum Gasteiger partial charge on any atom is 0.267 e. The zero-order valence-electron chi connectivity index (χ0n) is 14.3. The number of carbonyl (C=O) groups excluding carboxylic acids is 1. The molecule has 2 aromatic rings. The molecular weight excluding hydrogens is 380 g/mol. The average Bonchev–Trinajstić information content (AvgIpc) is 2.62. The van der Waals surface area contributed by atoms with E-state index in [4.69, 9.17) is 21.1 Å². The summed E-state index contributed by atoms with van der Waals surface area (Å²) in [5.74, 6) is 0.0678. The third-order valence-electron chi connectivity index (χ3n) is 3.24. The molecule has 0 aliphatic rings. The van der Waals surface area contributed by atoms with Crippen molar-refractivity contribution in [1.82, 2.24) is 10.3 Å². The number of nitrogens with one attached hydrogen (secondary N) is 2. The lowest BCUT2D eigenvalue weighted by atomic mass is 10.2. The van der Waals surface area contributed by atoms with Crippen LogP contribution in [0.3, 0.4) is 0 Å². The summed E-state index contributed by atoms with van der Waals surface area (Å²) >= 11 is 5.92. The van der Waals surface area contributed by atoms with Gasteiger partial charge in [-0.2, -0.15) is 0 Å². The summed E-state index contributed by atoms with van der Waals surface area (Å²) in [4.78, 5) is 14.0. The Bertz CT molecular complexity index is 886. The van der Waals surface area contributed by atoms with Crippen LogP contribution in [0.5, 0.6) is 11.5 Å². The van der Waals surface area contributed by atoms with Gasteiger partial charge in [0.15, 0.2) is 11.5 Å². The van der Waals surface area contributed by atoms with Crippen LogP contribution in [0.4, 0.5) is 0 Å². The van der Waals surface area contributed by atoms with E-state index >= 15 is 0 Å². The first-order valence-corrected chi connectivity index (χ1v) is 9.71. The van der Waals surface area contributed by atoms with Gasteiger partial charge in [0.1, 0.15) is 0 Å². The molecule has 0 saturated heterocycles. The summed E-state index contributed by atoms with van der Waals surface area (Å²) in [6, 6.07) is 10.5. The van der Waals surface area contributed by atoms with Crippen LogP contribution >= 0.6 is 11.6 Å². The van der Waals surface area contributed by atoms with Gasteiger partial charge in [-0.25, -0.2) is 8.42 Å². The van der Waals surface area contributed by atoms with E-state index in [1.165, 1.54) is 30.3 Å². The van der Waals surface area contributed by atoms with Crippen LogP contribution in [0.1, 0.15) is 24.2 Å². The molecule has 0 aromatic heterocycles. The summed E-state index contributed by atoms with van der Waals surface area (Å²) < 4.78 is 35.7. The topological polar surface area (TPSA) is 93.7 Å². The highest BCUT2D eigenvalue weighted by molar-refractivity contribution is 7.89. The fourth-order valence-electron chi connectivity index (χ4n) is 2.08. The molecular formula is C17H19ClN2O5S. The fourth-order valence-corrected chi connectivity index (χ4v) is 3.16. The van der Waals surface area contributed by atoms with E-state index in [0.717, 1.165) is 0 Å². The van der Waals surface area contributed by atoms with Gasteiger partial charge in [-0.1, -0.05) is 23.7 Å². The van der Waals surface area contributed by atoms with E-state index in [-0.39, 0.29) is 15.5 Å². The Balaban J connectivity index is 2.18. The van der Waals surface area contributed by atoms with Gasteiger partial charge in [0.2, 0.25) is 0 Å². The van der Waals surface area contributed by atoms with Crippen molar-refractivity contribution in [3.8, 4) is 11.5 Å². The second-order valence-electron chi connectivity index (χ2n) is 5.01. The summed E-state index contributed by atoms with van der Waals surface area (Å²) in [6.07, 6.45) is 0. The van der Waals surface area contributed by atoms with Gasteiger partial charge in [0, 0.05) is 6.07 Å². The molecule has 0 heterocycles. The standard InChI is InChI=1S/C17H19ClN2O5S/c1-3-24-15-10-9-12(11-16(15)25-4-2)26(22,23)20-19-17(21)13-7-5-6-8-14(13)18/h5-11,20H,3-4H2,1-2H3,(H,19,21). The quantitative estimate of drug-likeness (QED) is 0.667. The number of amides is 1. The number of hydrogen-bond acceptors (Lipinski definition) is 5. The van der Waals surface area contributed by atoms with Crippen molar-refractivity contribution in [2.24, 2.45) is 0 Å². The van der Waals surface area contributed by atoms with E-state index in [0.29, 0.717) is 24.7 Å². The first-order valence-electron chi connectivity index (χ1n) is 7.85. The van der Waals surface area contributed by atoms with Crippen molar-refractivity contribution in [1.29, 1.82) is 0 Å². The first kappa shape index (κ1) is 20.0. The monoisotopic (exact) mass is 398 g/mol. The molecule has 1 amide bonds. The normalized spacial score (nSPS) is 11.0. The summed E-state index contributed by atoms with van der Waals surface area (Å²) in [5, 5.41) is 0.212. The second-order valence-corrected chi connectivity index (χ2v) is 7.10. The van der Waals surface area contributed by atoms with Crippen molar-refractivity contribution in [2.45, 2.75) is 18.7 Å². The molecule has 2 N–H and O–H groups in total. The molecule has 0 unspecified atom stereocenters. The lowest BCUT2D eigenvalue weighted by molar-refractivity contribution is 0.0945. The average molecular weight is 399 g/mol. The maximum absolute atomic E-state index is 12.4. The minimum atomic E-state index is -4.01. The molecule has 0 bridgehead atoms. The van der Waals surface area contributed by atoms with Crippen LogP contribution in [-0.2, 0) is 10.0 Å². The van der Waals surface area contributed by atoms with E-state index in [2.05, 4.69) is 5.43 Å². The van der Waals surface area contributed by atoms with Crippen molar-refractivity contribution < 1.29 is 22.7 Å². The maximum atomic E-state index is 12.4. The first-order chi connectivity index (χ1) is 12.4. The van der Waals surface area contributed by atoms with Crippen molar-refractivity contribution >= 4 is 27.5 Å². The molecule has 2 aromatic carbocycles. The van der Waals surface area contributed by atoms with Gasteiger partial charge in [-0.05, 0) is 38.1 Å². The Morgan fingerprint density at radius 2 is 1.69 bits per heavy atom. The molecule has 0 saturated carbocycles. The van der Waals surface area contributed by atoms with Gasteiger partial charge in [-0.15, -0.1) is 4.83 Å². The van der Waals surface area contributed by atoms with Crippen molar-refractivity contribution in [3.05, 3.63) is 53.1 Å². The van der Waals surface area contributed by atoms with Gasteiger partial charge in [0.25, 0.3) is 15.9 Å². The minimum absolute atomic E-state index is 0.0798. The van der Waals surface area contributed by atoms with Crippen LogP contribution < -0.4 is 19.7 Å². The summed E-state index contributed by atoms with van der Waals surface area (Å²) in [7, 11) is -4.01. The molecule has 26 heavy (non-hydrogen) atoms. The molecule has 0 spiro atoms. The summed E-state index contributed by atoms with van der Waals surface area (Å²) in [6.45, 7) is 4.35. The predicted molar refractivity (Wildman–Crippen MR) is 98.0 cm³/mol. The van der Waals surface area contributed by atoms with Gasteiger partial charge in [-0.3, -0.25) is 10.2 Å². The van der Waals surface area contributed by atoms with Crippen LogP contribution in [0.15, 0.2) is 47.4 Å². The van der Waals surface area contributed by atoms with E-state index in [1.807, 2.05) is 11.8 Å². The number of carbonyl (C=O) groups is 1. The highest BCUT2D eigenvalue weighted by atomic mass is 35.5. The largest absolute Gasteiger partial charge is 0.490 e. The number of ether oxygens (including phenoxy) is 2. The Morgan fingerprint density at radius 1 is 1.04 bits per heavy atom. The minimum Gasteiger partial charge on any atom is -0.490 e. The third kappa shape index (κ3) is 4.87. The molecule has 2 rings (SSSR count). The van der Waals surface area contributed by atoms with Crippen LogP contribution in [0, 0.1) is 0 Å². The van der Waals surface area contributed by atoms with Crippen LogP contribution in [0.2, 0.25) is 5.02 Å². The number of hydrazine groups is 1. The Hall–Kier alpha value is -2.29. The SMILES string of the molecule is CCOc1ccc(S(=O)(=O)NNC(=O)c2ccccc2Cl)cc1OCC. The lowest BCUT2D eigenvalue weighted by Gasteiger charge is -2.13. The summed E-state index contributed by atoms with van der Waals surface area (Å²) in [5.41, 5.74) is 2.29. The second kappa shape index (κ2) is 8.88. The third-order valence-corrected chi connectivity index (χ3v) is 4.82. The lowest BCUT2D eigenvalue weighted by Crippen LogP contribution is -2.41. The van der Waals surface area contributed by atoms with Gasteiger partial charge in [0.05, 0.1) is 28.7 Å². The Kier molecular flexibility index (Phi) is 6.84. The highest BCUT2D eigenvalue weighted by Gasteiger charge is 2.19. The van der Waals surface area contributed by atoms with Crippen molar-refractivity contribution in [3.63, 3.8) is 0 Å². The highest BCUT2D eigenvalue weighted by Crippen LogP contribution is 2.30. The number of rotatable bonds is 8. The van der Waals surface area contributed by atoms with E-state index in [1.54, 1.807) is 19.1 Å². The number of sulfonamides is 1. The van der Waals surface area contributed by atoms with E-state index in [9.17, 15) is 13.2 Å². The smallest absolute Gasteiger partial charge is 0.267 e. The van der Waals surface area contributed by atoms with Crippen molar-refractivity contribution in [2.75, 3.05) is 13.2 Å². The molecule has 0 radical (unpaired) electrons. The molecule has 0 fully saturated rings. The zero-order chi connectivity index (χ0) is 19.2. The van der Waals surface area contributed by atoms with E-state index < -0.39 is 15.9 Å². The Morgan fingerprint density at radius 3 is 2.35 bits per heavy atom. The number of halogens is 1. The number of benzene rings is 2. The molecule has 140 valence electrons. The molecule has 9 heteroatoms. The number of hydrogen-bond donors (Lipinski definition) is 2. The van der Waals surface area contributed by atoms with Gasteiger partial charge < -0.3 is 9.47 Å². The predicted octanol–water partition coefficient (Wildman–Crippen LogP) is 2.76. The van der Waals surface area contributed by atoms with Crippen LogP contribution in [0.25, 0.3) is 0 Å².